The maximum atomic E-state index is 5.35. The number of rotatable bonds is 2. The zero-order chi connectivity index (χ0) is 12.0. The lowest BCUT2D eigenvalue weighted by Gasteiger charge is -2.12. The fourth-order valence-corrected chi connectivity index (χ4v) is 2.35. The summed E-state index contributed by atoms with van der Waals surface area (Å²) < 4.78 is 5.35. The van der Waals surface area contributed by atoms with E-state index in [9.17, 15) is 0 Å². The van der Waals surface area contributed by atoms with E-state index in [0.29, 0.717) is 0 Å². The average molecular weight is 220 g/mol. The molecule has 0 radical (unpaired) electrons. The van der Waals surface area contributed by atoms with Crippen molar-refractivity contribution in [3.8, 4) is 5.75 Å². The summed E-state index contributed by atoms with van der Waals surface area (Å²) in [6.07, 6.45) is 5.49. The predicted molar refractivity (Wildman–Crippen MR) is 70.3 cm³/mol. The Bertz CT molecular complexity index is 311. The van der Waals surface area contributed by atoms with Crippen molar-refractivity contribution in [3.05, 3.63) is 29.3 Å². The Morgan fingerprint density at radius 3 is 2.31 bits per heavy atom. The second-order valence-corrected chi connectivity index (χ2v) is 4.21. The van der Waals surface area contributed by atoms with Gasteiger partial charge in [0.25, 0.3) is 0 Å². The summed E-state index contributed by atoms with van der Waals surface area (Å²) in [5.41, 5.74) is 2.69. The van der Waals surface area contributed by atoms with Gasteiger partial charge in [0.15, 0.2) is 0 Å². The summed E-state index contributed by atoms with van der Waals surface area (Å²) in [5, 5.41) is 0. The first-order valence-corrected chi connectivity index (χ1v) is 6.46. The molecule has 0 atom stereocenters. The van der Waals surface area contributed by atoms with Gasteiger partial charge in [0.05, 0.1) is 7.11 Å². The normalized spacial score (nSPS) is 15.5. The van der Waals surface area contributed by atoms with E-state index in [1.54, 1.807) is 7.11 Å². The smallest absolute Gasteiger partial charge is 0.122 e. The molecular weight excluding hydrogens is 196 g/mol. The molecule has 1 saturated carbocycles. The highest BCUT2D eigenvalue weighted by atomic mass is 16.5. The van der Waals surface area contributed by atoms with Crippen LogP contribution in [-0.2, 0) is 0 Å². The molecule has 1 nitrogen and oxygen atoms in total. The molecule has 16 heavy (non-hydrogen) atoms. The molecule has 0 amide bonds. The van der Waals surface area contributed by atoms with Crippen LogP contribution in [0, 0.1) is 6.92 Å². The third-order valence-electron chi connectivity index (χ3n) is 3.26. The fraction of sp³-hybridized carbons (Fsp3) is 0.600. The average Bonchev–Trinajstić information content (AvgIpc) is 2.86. The van der Waals surface area contributed by atoms with Crippen molar-refractivity contribution in [2.24, 2.45) is 0 Å². The first-order chi connectivity index (χ1) is 7.81. The van der Waals surface area contributed by atoms with Crippen LogP contribution in [0.1, 0.15) is 56.6 Å². The van der Waals surface area contributed by atoms with Crippen LogP contribution in [0.25, 0.3) is 0 Å². The molecule has 0 heterocycles. The van der Waals surface area contributed by atoms with Crippen molar-refractivity contribution < 1.29 is 4.74 Å². The van der Waals surface area contributed by atoms with E-state index in [0.717, 1.165) is 11.7 Å². The zero-order valence-corrected chi connectivity index (χ0v) is 11.0. The quantitative estimate of drug-likeness (QED) is 0.702. The molecule has 1 heteroatoms. The lowest BCUT2D eigenvalue weighted by Crippen LogP contribution is -1.94. The molecule has 1 aromatic carbocycles. The number of benzene rings is 1. The highest BCUT2D eigenvalue weighted by molar-refractivity contribution is 5.38. The zero-order valence-electron chi connectivity index (χ0n) is 11.0. The van der Waals surface area contributed by atoms with Crippen LogP contribution in [-0.4, -0.2) is 7.11 Å². The molecule has 2 rings (SSSR count). The molecular formula is C15H24O. The number of hydrogen-bond donors (Lipinski definition) is 0. The molecule has 0 aliphatic heterocycles. The van der Waals surface area contributed by atoms with E-state index < -0.39 is 0 Å². The van der Waals surface area contributed by atoms with Gasteiger partial charge in [0.2, 0.25) is 0 Å². The van der Waals surface area contributed by atoms with Gasteiger partial charge in [-0.25, -0.2) is 0 Å². The molecule has 0 saturated heterocycles. The van der Waals surface area contributed by atoms with Gasteiger partial charge < -0.3 is 4.74 Å². The first kappa shape index (κ1) is 13.1. The topological polar surface area (TPSA) is 9.23 Å². The van der Waals surface area contributed by atoms with Crippen molar-refractivity contribution in [2.75, 3.05) is 7.11 Å². The Morgan fingerprint density at radius 1 is 1.12 bits per heavy atom. The largest absolute Gasteiger partial charge is 0.496 e. The van der Waals surface area contributed by atoms with Gasteiger partial charge in [0.1, 0.15) is 5.75 Å². The van der Waals surface area contributed by atoms with Crippen LogP contribution in [0.5, 0.6) is 5.75 Å². The molecule has 1 fully saturated rings. The van der Waals surface area contributed by atoms with Crippen LogP contribution in [0.4, 0.5) is 0 Å². The van der Waals surface area contributed by atoms with Crippen molar-refractivity contribution in [3.63, 3.8) is 0 Å². The summed E-state index contributed by atoms with van der Waals surface area (Å²) in [4.78, 5) is 0. The van der Waals surface area contributed by atoms with Gasteiger partial charge in [-0.1, -0.05) is 38.8 Å². The van der Waals surface area contributed by atoms with Crippen LogP contribution in [0.2, 0.25) is 0 Å². The van der Waals surface area contributed by atoms with Gasteiger partial charge in [-0.3, -0.25) is 0 Å². The Kier molecular flexibility index (Phi) is 5.37. The monoisotopic (exact) mass is 220 g/mol. The molecule has 0 spiro atoms. The number of hydrogen-bond acceptors (Lipinski definition) is 1. The van der Waals surface area contributed by atoms with E-state index >= 15 is 0 Å². The lowest BCUT2D eigenvalue weighted by molar-refractivity contribution is 0.410. The fourth-order valence-electron chi connectivity index (χ4n) is 2.35. The van der Waals surface area contributed by atoms with Crippen molar-refractivity contribution >= 4 is 0 Å². The highest BCUT2D eigenvalue weighted by Gasteiger charge is 2.17. The van der Waals surface area contributed by atoms with Gasteiger partial charge in [0, 0.05) is 0 Å². The minimum absolute atomic E-state index is 0.782. The SMILES string of the molecule is CC.COc1cc(C2CCCC2)ccc1C. The summed E-state index contributed by atoms with van der Waals surface area (Å²) in [6, 6.07) is 6.64. The summed E-state index contributed by atoms with van der Waals surface area (Å²) >= 11 is 0. The summed E-state index contributed by atoms with van der Waals surface area (Å²) in [6.45, 7) is 6.09. The van der Waals surface area contributed by atoms with Gasteiger partial charge in [-0.2, -0.15) is 0 Å². The van der Waals surface area contributed by atoms with E-state index in [4.69, 9.17) is 4.74 Å². The summed E-state index contributed by atoms with van der Waals surface area (Å²) in [7, 11) is 1.75. The van der Waals surface area contributed by atoms with Crippen LogP contribution < -0.4 is 4.74 Å². The molecule has 90 valence electrons. The third-order valence-corrected chi connectivity index (χ3v) is 3.26. The lowest BCUT2D eigenvalue weighted by atomic mass is 9.96. The highest BCUT2D eigenvalue weighted by Crippen LogP contribution is 2.35. The van der Waals surface area contributed by atoms with Crippen LogP contribution in [0.15, 0.2) is 18.2 Å². The molecule has 0 N–H and O–H groups in total. The Labute approximate surface area is 99.8 Å². The van der Waals surface area contributed by atoms with Gasteiger partial charge in [-0.15, -0.1) is 0 Å². The number of aryl methyl sites for hydroxylation is 1. The predicted octanol–water partition coefficient (Wildman–Crippen LogP) is 4.69. The van der Waals surface area contributed by atoms with Crippen LogP contribution in [0.3, 0.4) is 0 Å². The molecule has 1 aromatic rings. The van der Waals surface area contributed by atoms with E-state index in [1.807, 2.05) is 13.8 Å². The first-order valence-electron chi connectivity index (χ1n) is 6.46. The van der Waals surface area contributed by atoms with Crippen LogP contribution >= 0.6 is 0 Å². The van der Waals surface area contributed by atoms with E-state index in [1.165, 1.54) is 36.8 Å². The van der Waals surface area contributed by atoms with E-state index in [2.05, 4.69) is 25.1 Å². The maximum absolute atomic E-state index is 5.35. The molecule has 1 aliphatic rings. The second-order valence-electron chi connectivity index (χ2n) is 4.21. The maximum Gasteiger partial charge on any atom is 0.122 e. The molecule has 0 bridgehead atoms. The van der Waals surface area contributed by atoms with Crippen molar-refractivity contribution in [1.82, 2.24) is 0 Å². The second kappa shape index (κ2) is 6.57. The molecule has 1 aliphatic carbocycles. The Morgan fingerprint density at radius 2 is 1.75 bits per heavy atom. The Balaban J connectivity index is 0.000000606. The molecule has 0 aromatic heterocycles. The third kappa shape index (κ3) is 3.01. The minimum Gasteiger partial charge on any atom is -0.496 e. The molecule has 0 unspecified atom stereocenters. The van der Waals surface area contributed by atoms with E-state index in [-0.39, 0.29) is 0 Å². The van der Waals surface area contributed by atoms with Crippen molar-refractivity contribution in [2.45, 2.75) is 52.4 Å². The number of methoxy groups -OCH3 is 1. The minimum atomic E-state index is 0.782. The summed E-state index contributed by atoms with van der Waals surface area (Å²) in [5.74, 6) is 1.82. The Hall–Kier alpha value is -0.980. The standard InChI is InChI=1S/C13H18O.C2H6/c1-10-7-8-12(9-13(10)14-2)11-5-3-4-6-11;1-2/h7-9,11H,3-6H2,1-2H3;1-2H3. The number of ether oxygens (including phenoxy) is 1. The van der Waals surface area contributed by atoms with Crippen molar-refractivity contribution in [1.29, 1.82) is 0 Å². The van der Waals surface area contributed by atoms with Gasteiger partial charge >= 0.3 is 0 Å². The van der Waals surface area contributed by atoms with Gasteiger partial charge in [-0.05, 0) is 42.9 Å².